The molecule has 1 fully saturated rings. The van der Waals surface area contributed by atoms with Gasteiger partial charge in [0.1, 0.15) is 6.29 Å². The van der Waals surface area contributed by atoms with E-state index in [1.165, 1.54) is 32.1 Å². The maximum Gasteiger partial charge on any atom is 0.128 e. The first-order chi connectivity index (χ1) is 6.61. The van der Waals surface area contributed by atoms with E-state index >= 15 is 0 Å². The smallest absolute Gasteiger partial charge is 0.128 e. The predicted octanol–water partition coefficient (Wildman–Crippen LogP) is 2.81. The highest BCUT2D eigenvalue weighted by Gasteiger charge is 2.36. The summed E-state index contributed by atoms with van der Waals surface area (Å²) < 4.78 is 5.51. The van der Waals surface area contributed by atoms with Gasteiger partial charge in [-0.1, -0.05) is 33.1 Å². The van der Waals surface area contributed by atoms with Crippen LogP contribution in [0.3, 0.4) is 0 Å². The minimum atomic E-state index is -0.337. The van der Waals surface area contributed by atoms with Crippen molar-refractivity contribution in [2.24, 2.45) is 11.3 Å². The minimum Gasteiger partial charge on any atom is -0.380 e. The molecule has 1 rings (SSSR count). The molecule has 0 saturated heterocycles. The normalized spacial score (nSPS) is 21.9. The standard InChI is InChI=1S/C12H22O2/c1-12(2,9-13)11(14-3)10-7-5-4-6-8-10/h9-11H,4-8H2,1-3H3. The van der Waals surface area contributed by atoms with Crippen LogP contribution < -0.4 is 0 Å². The molecular formula is C12H22O2. The number of hydrogen-bond donors (Lipinski definition) is 0. The van der Waals surface area contributed by atoms with Crippen LogP contribution >= 0.6 is 0 Å². The van der Waals surface area contributed by atoms with Gasteiger partial charge in [0, 0.05) is 12.5 Å². The van der Waals surface area contributed by atoms with Gasteiger partial charge in [0.05, 0.1) is 6.10 Å². The Balaban J connectivity index is 2.64. The van der Waals surface area contributed by atoms with Crippen LogP contribution in [0.5, 0.6) is 0 Å². The van der Waals surface area contributed by atoms with Crippen molar-refractivity contribution in [3.8, 4) is 0 Å². The molecule has 1 aliphatic carbocycles. The number of aldehydes is 1. The highest BCUT2D eigenvalue weighted by molar-refractivity contribution is 5.59. The monoisotopic (exact) mass is 198 g/mol. The first-order valence-electron chi connectivity index (χ1n) is 5.61. The second-order valence-electron chi connectivity index (χ2n) is 4.99. The molecule has 0 amide bonds. The molecule has 0 heterocycles. The average Bonchev–Trinajstić information content (AvgIpc) is 2.20. The van der Waals surface area contributed by atoms with E-state index in [-0.39, 0.29) is 11.5 Å². The highest BCUT2D eigenvalue weighted by atomic mass is 16.5. The van der Waals surface area contributed by atoms with Gasteiger partial charge in [-0.15, -0.1) is 0 Å². The van der Waals surface area contributed by atoms with Gasteiger partial charge in [-0.05, 0) is 18.8 Å². The molecule has 1 aliphatic rings. The van der Waals surface area contributed by atoms with Crippen molar-refractivity contribution < 1.29 is 9.53 Å². The molecule has 1 unspecified atom stereocenters. The summed E-state index contributed by atoms with van der Waals surface area (Å²) in [4.78, 5) is 11.0. The Morgan fingerprint density at radius 1 is 1.29 bits per heavy atom. The fourth-order valence-corrected chi connectivity index (χ4v) is 2.61. The molecule has 0 aromatic carbocycles. The summed E-state index contributed by atoms with van der Waals surface area (Å²) in [6.07, 6.45) is 7.50. The number of hydrogen-bond acceptors (Lipinski definition) is 2. The SMILES string of the molecule is COC(C1CCCCC1)C(C)(C)C=O. The zero-order valence-electron chi connectivity index (χ0n) is 9.58. The van der Waals surface area contributed by atoms with Gasteiger partial charge in [0.25, 0.3) is 0 Å². The van der Waals surface area contributed by atoms with Crippen molar-refractivity contribution in [3.63, 3.8) is 0 Å². The molecule has 0 bridgehead atoms. The fraction of sp³-hybridized carbons (Fsp3) is 0.917. The third kappa shape index (κ3) is 2.57. The van der Waals surface area contributed by atoms with Crippen molar-refractivity contribution in [1.29, 1.82) is 0 Å². The maximum absolute atomic E-state index is 11.0. The van der Waals surface area contributed by atoms with Crippen LogP contribution in [0.4, 0.5) is 0 Å². The maximum atomic E-state index is 11.0. The van der Waals surface area contributed by atoms with E-state index in [4.69, 9.17) is 4.74 Å². The van der Waals surface area contributed by atoms with Crippen LogP contribution in [0.15, 0.2) is 0 Å². The molecule has 0 N–H and O–H groups in total. The second kappa shape index (κ2) is 4.92. The van der Waals surface area contributed by atoms with Crippen LogP contribution in [0.1, 0.15) is 46.0 Å². The number of carbonyl (C=O) groups excluding carboxylic acids is 1. The van der Waals surface area contributed by atoms with Crippen molar-refractivity contribution in [1.82, 2.24) is 0 Å². The first kappa shape index (κ1) is 11.7. The summed E-state index contributed by atoms with van der Waals surface area (Å²) in [6, 6.07) is 0. The third-order valence-corrected chi connectivity index (χ3v) is 3.37. The highest BCUT2D eigenvalue weighted by Crippen LogP contribution is 2.35. The Labute approximate surface area is 87.0 Å². The number of methoxy groups -OCH3 is 1. The van der Waals surface area contributed by atoms with E-state index in [1.807, 2.05) is 13.8 Å². The van der Waals surface area contributed by atoms with E-state index in [0.29, 0.717) is 5.92 Å². The summed E-state index contributed by atoms with van der Waals surface area (Å²) in [5.41, 5.74) is -0.337. The van der Waals surface area contributed by atoms with Crippen LogP contribution in [-0.2, 0) is 9.53 Å². The van der Waals surface area contributed by atoms with Crippen molar-refractivity contribution in [3.05, 3.63) is 0 Å². The molecule has 0 spiro atoms. The fourth-order valence-electron chi connectivity index (χ4n) is 2.61. The molecule has 14 heavy (non-hydrogen) atoms. The molecule has 1 saturated carbocycles. The van der Waals surface area contributed by atoms with Crippen molar-refractivity contribution in [2.75, 3.05) is 7.11 Å². The second-order valence-corrected chi connectivity index (χ2v) is 4.99. The van der Waals surface area contributed by atoms with E-state index in [9.17, 15) is 4.79 Å². The van der Waals surface area contributed by atoms with Gasteiger partial charge < -0.3 is 9.53 Å². The zero-order chi connectivity index (χ0) is 10.6. The lowest BCUT2D eigenvalue weighted by molar-refractivity contribution is -0.125. The van der Waals surface area contributed by atoms with Gasteiger partial charge in [0.15, 0.2) is 0 Å². The van der Waals surface area contributed by atoms with E-state index in [1.54, 1.807) is 7.11 Å². The van der Waals surface area contributed by atoms with Gasteiger partial charge in [-0.25, -0.2) is 0 Å². The Bertz CT molecular complexity index is 181. The number of carbonyl (C=O) groups is 1. The Morgan fingerprint density at radius 3 is 2.29 bits per heavy atom. The largest absolute Gasteiger partial charge is 0.380 e. The lowest BCUT2D eigenvalue weighted by atomic mass is 9.74. The van der Waals surface area contributed by atoms with Gasteiger partial charge in [0.2, 0.25) is 0 Å². The van der Waals surface area contributed by atoms with Crippen LogP contribution in [0.25, 0.3) is 0 Å². The van der Waals surface area contributed by atoms with Crippen molar-refractivity contribution in [2.45, 2.75) is 52.1 Å². The van der Waals surface area contributed by atoms with Crippen molar-refractivity contribution >= 4 is 6.29 Å². The Morgan fingerprint density at radius 2 is 1.86 bits per heavy atom. The summed E-state index contributed by atoms with van der Waals surface area (Å²) in [5, 5.41) is 0. The zero-order valence-corrected chi connectivity index (χ0v) is 9.58. The van der Waals surface area contributed by atoms with E-state index in [0.717, 1.165) is 6.29 Å². The molecule has 82 valence electrons. The van der Waals surface area contributed by atoms with Gasteiger partial charge in [-0.3, -0.25) is 0 Å². The Hall–Kier alpha value is -0.370. The summed E-state index contributed by atoms with van der Waals surface area (Å²) in [5.74, 6) is 0.578. The molecule has 0 aromatic heterocycles. The molecule has 0 aliphatic heterocycles. The lowest BCUT2D eigenvalue weighted by Gasteiger charge is -2.36. The van der Waals surface area contributed by atoms with Gasteiger partial charge in [-0.2, -0.15) is 0 Å². The third-order valence-electron chi connectivity index (χ3n) is 3.37. The summed E-state index contributed by atoms with van der Waals surface area (Å²) in [7, 11) is 1.73. The number of rotatable bonds is 4. The summed E-state index contributed by atoms with van der Waals surface area (Å²) in [6.45, 7) is 3.95. The van der Waals surface area contributed by atoms with Crippen LogP contribution in [-0.4, -0.2) is 19.5 Å². The quantitative estimate of drug-likeness (QED) is 0.649. The first-order valence-corrected chi connectivity index (χ1v) is 5.61. The molecule has 0 aromatic rings. The molecule has 0 radical (unpaired) electrons. The Kier molecular flexibility index (Phi) is 4.11. The van der Waals surface area contributed by atoms with Gasteiger partial charge >= 0.3 is 0 Å². The summed E-state index contributed by atoms with van der Waals surface area (Å²) >= 11 is 0. The lowest BCUT2D eigenvalue weighted by Crippen LogP contribution is -2.39. The molecule has 1 atom stereocenters. The van der Waals surface area contributed by atoms with Crippen LogP contribution in [0.2, 0.25) is 0 Å². The molecule has 2 heteroatoms. The van der Waals surface area contributed by atoms with Crippen LogP contribution in [0, 0.1) is 11.3 Å². The average molecular weight is 198 g/mol. The van der Waals surface area contributed by atoms with E-state index in [2.05, 4.69) is 0 Å². The number of ether oxygens (including phenoxy) is 1. The molecule has 2 nitrogen and oxygen atoms in total. The van der Waals surface area contributed by atoms with E-state index < -0.39 is 0 Å². The topological polar surface area (TPSA) is 26.3 Å². The predicted molar refractivity (Wildman–Crippen MR) is 57.2 cm³/mol. The minimum absolute atomic E-state index is 0.0975. The molecular weight excluding hydrogens is 176 g/mol.